The summed E-state index contributed by atoms with van der Waals surface area (Å²) in [5.74, 6) is -4.93. The number of carbonyl (C=O) groups is 1. The Morgan fingerprint density at radius 1 is 1.09 bits per heavy atom. The maximum Gasteiger partial charge on any atom is 0.453 e. The van der Waals surface area contributed by atoms with Crippen LogP contribution >= 0.6 is 11.8 Å². The van der Waals surface area contributed by atoms with E-state index in [4.69, 9.17) is 4.74 Å². The van der Waals surface area contributed by atoms with Crippen molar-refractivity contribution < 1.29 is 31.5 Å². The van der Waals surface area contributed by atoms with Gasteiger partial charge in [0.1, 0.15) is 10.9 Å². The molecule has 0 fully saturated rings. The van der Waals surface area contributed by atoms with Crippen LogP contribution in [-0.4, -0.2) is 34.7 Å². The summed E-state index contributed by atoms with van der Waals surface area (Å²) in [6.45, 7) is 8.94. The molecule has 0 heterocycles. The quantitative estimate of drug-likeness (QED) is 0.325. The minimum Gasteiger partial charge on any atom is -0.459 e. The van der Waals surface area contributed by atoms with Crippen LogP contribution in [0.3, 0.4) is 0 Å². The summed E-state index contributed by atoms with van der Waals surface area (Å²) in [6.07, 6.45) is -6.64. The Balaban J connectivity index is 4.50. The van der Waals surface area contributed by atoms with Gasteiger partial charge in [0, 0.05) is 6.42 Å². The average molecular weight is 364 g/mol. The van der Waals surface area contributed by atoms with Crippen molar-refractivity contribution in [3.05, 3.63) is 0 Å². The highest BCUT2D eigenvalue weighted by atomic mass is 32.2. The molecule has 0 aromatic carbocycles. The standard InChI is InChI=1S/C15H25F5O2S/c1-10(2)9-11(12(21)22-13(3,4)5)23-8-6-7-14(16,17)15(18,19)20/h10-11H,6-9H2,1-5H3. The molecule has 0 aliphatic carbocycles. The highest BCUT2D eigenvalue weighted by molar-refractivity contribution is 8.00. The second-order valence-corrected chi connectivity index (χ2v) is 8.14. The number of carbonyl (C=O) groups excluding carboxylic acids is 1. The van der Waals surface area contributed by atoms with Crippen molar-refractivity contribution in [3.63, 3.8) is 0 Å². The summed E-state index contributed by atoms with van der Waals surface area (Å²) in [4.78, 5) is 12.1. The van der Waals surface area contributed by atoms with Crippen molar-refractivity contribution >= 4 is 17.7 Å². The lowest BCUT2D eigenvalue weighted by Crippen LogP contribution is -2.36. The molecule has 23 heavy (non-hydrogen) atoms. The molecule has 1 atom stereocenters. The molecule has 0 saturated heterocycles. The summed E-state index contributed by atoms with van der Waals surface area (Å²) >= 11 is 1.07. The molecule has 0 N–H and O–H groups in total. The molecule has 0 saturated carbocycles. The minimum absolute atomic E-state index is 0.0439. The summed E-state index contributed by atoms with van der Waals surface area (Å²) in [5, 5.41) is -0.561. The molecule has 0 aliphatic heterocycles. The lowest BCUT2D eigenvalue weighted by Gasteiger charge is -2.25. The number of hydrogen-bond donors (Lipinski definition) is 0. The molecule has 2 nitrogen and oxygen atoms in total. The smallest absolute Gasteiger partial charge is 0.453 e. The molecule has 8 heteroatoms. The SMILES string of the molecule is CC(C)CC(SCCCC(F)(F)C(F)(F)F)C(=O)OC(C)(C)C. The second kappa shape index (κ2) is 8.53. The van der Waals surface area contributed by atoms with Crippen LogP contribution in [0.1, 0.15) is 53.9 Å². The fourth-order valence-electron chi connectivity index (χ4n) is 1.69. The van der Waals surface area contributed by atoms with Crippen LogP contribution in [0.25, 0.3) is 0 Å². The van der Waals surface area contributed by atoms with Crippen LogP contribution in [0.5, 0.6) is 0 Å². The van der Waals surface area contributed by atoms with Gasteiger partial charge in [0.25, 0.3) is 0 Å². The molecule has 0 aliphatic rings. The van der Waals surface area contributed by atoms with Crippen LogP contribution in [0.15, 0.2) is 0 Å². The van der Waals surface area contributed by atoms with E-state index in [-0.39, 0.29) is 18.1 Å². The van der Waals surface area contributed by atoms with E-state index in [9.17, 15) is 26.7 Å². The van der Waals surface area contributed by atoms with E-state index in [2.05, 4.69) is 0 Å². The van der Waals surface area contributed by atoms with Crippen LogP contribution in [0.2, 0.25) is 0 Å². The number of halogens is 5. The summed E-state index contributed by atoms with van der Waals surface area (Å²) < 4.78 is 67.1. The van der Waals surface area contributed by atoms with Crippen molar-refractivity contribution in [2.24, 2.45) is 5.92 Å². The highest BCUT2D eigenvalue weighted by Gasteiger charge is 2.56. The number of thioether (sulfide) groups is 1. The number of alkyl halides is 5. The van der Waals surface area contributed by atoms with E-state index in [1.807, 2.05) is 13.8 Å². The summed E-state index contributed by atoms with van der Waals surface area (Å²) in [5.41, 5.74) is -0.670. The maximum absolute atomic E-state index is 12.8. The fourth-order valence-corrected chi connectivity index (χ4v) is 2.99. The lowest BCUT2D eigenvalue weighted by atomic mass is 10.1. The van der Waals surface area contributed by atoms with Gasteiger partial charge in [-0.3, -0.25) is 4.79 Å². The molecule has 0 aromatic rings. The Morgan fingerprint density at radius 3 is 2.00 bits per heavy atom. The normalized spacial score (nSPS) is 14.9. The molecular formula is C15H25F5O2S. The van der Waals surface area contributed by atoms with E-state index in [0.717, 1.165) is 11.8 Å². The van der Waals surface area contributed by atoms with Gasteiger partial charge in [-0.25, -0.2) is 0 Å². The topological polar surface area (TPSA) is 26.3 Å². The first-order valence-electron chi connectivity index (χ1n) is 7.45. The molecule has 0 spiro atoms. The van der Waals surface area contributed by atoms with Gasteiger partial charge in [-0.1, -0.05) is 13.8 Å². The van der Waals surface area contributed by atoms with Crippen molar-refractivity contribution in [2.75, 3.05) is 5.75 Å². The number of esters is 1. The van der Waals surface area contributed by atoms with Gasteiger partial charge in [-0.05, 0) is 45.3 Å². The average Bonchev–Trinajstić information content (AvgIpc) is 2.28. The third kappa shape index (κ3) is 9.37. The second-order valence-electron chi connectivity index (χ2n) is 6.83. The monoisotopic (exact) mass is 364 g/mol. The number of ether oxygens (including phenoxy) is 1. The lowest BCUT2D eigenvalue weighted by molar-refractivity contribution is -0.284. The predicted octanol–water partition coefficient (Wildman–Crippen LogP) is 5.45. The van der Waals surface area contributed by atoms with Gasteiger partial charge in [0.15, 0.2) is 0 Å². The van der Waals surface area contributed by atoms with Gasteiger partial charge in [0.2, 0.25) is 0 Å². The summed E-state index contributed by atoms with van der Waals surface area (Å²) in [7, 11) is 0. The zero-order valence-corrected chi connectivity index (χ0v) is 14.9. The number of hydrogen-bond acceptors (Lipinski definition) is 3. The molecule has 0 bridgehead atoms. The van der Waals surface area contributed by atoms with E-state index in [1.54, 1.807) is 20.8 Å². The third-order valence-electron chi connectivity index (χ3n) is 2.72. The third-order valence-corrected chi connectivity index (χ3v) is 4.04. The largest absolute Gasteiger partial charge is 0.459 e. The molecule has 0 aromatic heterocycles. The first kappa shape index (κ1) is 22.5. The van der Waals surface area contributed by atoms with E-state index < -0.39 is 35.3 Å². The van der Waals surface area contributed by atoms with Crippen LogP contribution in [0, 0.1) is 5.92 Å². The van der Waals surface area contributed by atoms with Gasteiger partial charge >= 0.3 is 18.1 Å². The highest BCUT2D eigenvalue weighted by Crippen LogP contribution is 2.39. The summed E-state index contributed by atoms with van der Waals surface area (Å²) in [6, 6.07) is 0. The Kier molecular flexibility index (Phi) is 8.34. The molecule has 0 rings (SSSR count). The first-order chi connectivity index (χ1) is 10.2. The predicted molar refractivity (Wildman–Crippen MR) is 81.8 cm³/mol. The number of rotatable bonds is 8. The van der Waals surface area contributed by atoms with E-state index in [1.165, 1.54) is 0 Å². The molecule has 0 amide bonds. The van der Waals surface area contributed by atoms with Gasteiger partial charge in [-0.15, -0.1) is 11.8 Å². The molecular weight excluding hydrogens is 339 g/mol. The molecule has 1 unspecified atom stereocenters. The molecule has 138 valence electrons. The van der Waals surface area contributed by atoms with Crippen molar-refractivity contribution in [3.8, 4) is 0 Å². The first-order valence-corrected chi connectivity index (χ1v) is 8.49. The van der Waals surface area contributed by atoms with Crippen LogP contribution in [-0.2, 0) is 9.53 Å². The zero-order chi connectivity index (χ0) is 18.5. The zero-order valence-electron chi connectivity index (χ0n) is 14.1. The Hall–Kier alpha value is -0.530. The van der Waals surface area contributed by atoms with Gasteiger partial charge < -0.3 is 4.74 Å². The fraction of sp³-hybridized carbons (Fsp3) is 0.933. The van der Waals surface area contributed by atoms with Crippen molar-refractivity contribution in [2.45, 2.75) is 76.8 Å². The van der Waals surface area contributed by atoms with Crippen LogP contribution < -0.4 is 0 Å². The van der Waals surface area contributed by atoms with Crippen LogP contribution in [0.4, 0.5) is 22.0 Å². The van der Waals surface area contributed by atoms with Gasteiger partial charge in [0.05, 0.1) is 0 Å². The maximum atomic E-state index is 12.8. The Labute approximate surface area is 138 Å². The van der Waals surface area contributed by atoms with Crippen molar-refractivity contribution in [1.82, 2.24) is 0 Å². The van der Waals surface area contributed by atoms with E-state index in [0.29, 0.717) is 6.42 Å². The van der Waals surface area contributed by atoms with Crippen molar-refractivity contribution in [1.29, 1.82) is 0 Å². The minimum atomic E-state index is -5.53. The van der Waals surface area contributed by atoms with Gasteiger partial charge in [-0.2, -0.15) is 22.0 Å². The molecule has 0 radical (unpaired) electrons. The Morgan fingerprint density at radius 2 is 1.61 bits per heavy atom. The Bertz CT molecular complexity index is 375. The van der Waals surface area contributed by atoms with E-state index >= 15 is 0 Å².